The van der Waals surface area contributed by atoms with Gasteiger partial charge in [-0.1, -0.05) is 12.1 Å². The van der Waals surface area contributed by atoms with E-state index in [4.69, 9.17) is 11.6 Å². The van der Waals surface area contributed by atoms with Gasteiger partial charge in [0.1, 0.15) is 5.88 Å². The molecule has 0 saturated carbocycles. The molecule has 1 aromatic heterocycles. The summed E-state index contributed by atoms with van der Waals surface area (Å²) in [6.07, 6.45) is 1.58. The van der Waals surface area contributed by atoms with Gasteiger partial charge >= 0.3 is 5.69 Å². The Morgan fingerprint density at radius 3 is 2.48 bits per heavy atom. The van der Waals surface area contributed by atoms with Crippen LogP contribution in [0.15, 0.2) is 29.1 Å². The summed E-state index contributed by atoms with van der Waals surface area (Å²) in [6, 6.07) is 7.97. The molecule has 1 amide bonds. The Kier molecular flexibility index (Phi) is 3.76. The number of aryl methyl sites for hydroxylation is 1. The van der Waals surface area contributed by atoms with E-state index in [2.05, 4.69) is 0 Å². The predicted molar refractivity (Wildman–Crippen MR) is 82.8 cm³/mol. The zero-order valence-electron chi connectivity index (χ0n) is 12.0. The van der Waals surface area contributed by atoms with Crippen molar-refractivity contribution in [1.82, 2.24) is 14.0 Å². The van der Waals surface area contributed by atoms with E-state index < -0.39 is 0 Å². The fraction of sp³-hybridized carbons (Fsp3) is 0.467. The Morgan fingerprint density at radius 2 is 1.86 bits per heavy atom. The maximum Gasteiger partial charge on any atom is 0.329 e. The predicted octanol–water partition coefficient (Wildman–Crippen LogP) is 1.74. The largest absolute Gasteiger partial charge is 0.342 e. The molecule has 0 atom stereocenters. The summed E-state index contributed by atoms with van der Waals surface area (Å²) in [4.78, 5) is 25.9. The number of nitrogens with zero attached hydrogens (tertiary/aromatic N) is 3. The van der Waals surface area contributed by atoms with Gasteiger partial charge in [-0.25, -0.2) is 4.79 Å². The van der Waals surface area contributed by atoms with Crippen LogP contribution in [-0.2, 0) is 11.8 Å². The fourth-order valence-corrected chi connectivity index (χ4v) is 3.30. The Bertz CT molecular complexity index is 726. The summed E-state index contributed by atoms with van der Waals surface area (Å²) in [6.45, 7) is 1.32. The molecule has 1 fully saturated rings. The zero-order chi connectivity index (χ0) is 15.0. The lowest BCUT2D eigenvalue weighted by Gasteiger charge is -2.32. The number of rotatable bonds is 2. The lowest BCUT2D eigenvalue weighted by molar-refractivity contribution is -0.129. The average molecular weight is 308 g/mol. The number of halogens is 1. The first-order valence-corrected chi connectivity index (χ1v) is 7.66. The van der Waals surface area contributed by atoms with E-state index >= 15 is 0 Å². The van der Waals surface area contributed by atoms with Gasteiger partial charge in [0.05, 0.1) is 11.0 Å². The molecule has 1 aromatic carbocycles. The van der Waals surface area contributed by atoms with E-state index in [0.717, 1.165) is 23.9 Å². The SMILES string of the molecule is Cn1c(=O)n(C2CCN(C(=O)CCl)CC2)c2ccccc21. The van der Waals surface area contributed by atoms with Crippen LogP contribution in [-0.4, -0.2) is 38.9 Å². The normalized spacial score (nSPS) is 16.6. The number of carbonyl (C=O) groups is 1. The molecule has 3 rings (SSSR count). The highest BCUT2D eigenvalue weighted by Crippen LogP contribution is 2.25. The van der Waals surface area contributed by atoms with E-state index in [1.165, 1.54) is 0 Å². The first kappa shape index (κ1) is 14.2. The van der Waals surface area contributed by atoms with Crippen LogP contribution in [0.2, 0.25) is 0 Å². The van der Waals surface area contributed by atoms with Gasteiger partial charge in [0.15, 0.2) is 0 Å². The Hall–Kier alpha value is -1.75. The van der Waals surface area contributed by atoms with Crippen molar-refractivity contribution in [2.45, 2.75) is 18.9 Å². The van der Waals surface area contributed by atoms with Gasteiger partial charge in [0.2, 0.25) is 5.91 Å². The first-order valence-electron chi connectivity index (χ1n) is 7.13. The third-order valence-corrected chi connectivity index (χ3v) is 4.52. The Labute approximate surface area is 127 Å². The molecule has 5 nitrogen and oxygen atoms in total. The minimum atomic E-state index is -0.0274. The van der Waals surface area contributed by atoms with Gasteiger partial charge in [-0.15, -0.1) is 11.6 Å². The first-order chi connectivity index (χ1) is 10.1. The van der Waals surface area contributed by atoms with Crippen molar-refractivity contribution in [3.63, 3.8) is 0 Å². The van der Waals surface area contributed by atoms with E-state index in [1.807, 2.05) is 28.8 Å². The number of carbonyl (C=O) groups excluding carboxylic acids is 1. The maximum absolute atomic E-state index is 12.5. The highest BCUT2D eigenvalue weighted by molar-refractivity contribution is 6.27. The van der Waals surface area contributed by atoms with Crippen molar-refractivity contribution in [1.29, 1.82) is 0 Å². The molecule has 0 unspecified atom stereocenters. The number of alkyl halides is 1. The van der Waals surface area contributed by atoms with Crippen LogP contribution in [0.4, 0.5) is 0 Å². The standard InChI is InChI=1S/C15H18ClN3O2/c1-17-12-4-2-3-5-13(12)19(15(17)21)11-6-8-18(9-7-11)14(20)10-16/h2-5,11H,6-10H2,1H3. The molecule has 0 bridgehead atoms. The molecular formula is C15H18ClN3O2. The smallest absolute Gasteiger partial charge is 0.329 e. The fourth-order valence-electron chi connectivity index (χ4n) is 3.13. The van der Waals surface area contributed by atoms with Crippen LogP contribution in [0.3, 0.4) is 0 Å². The van der Waals surface area contributed by atoms with Gasteiger partial charge in [-0.05, 0) is 25.0 Å². The molecule has 0 radical (unpaired) electrons. The summed E-state index contributed by atoms with van der Waals surface area (Å²) in [5, 5.41) is 0. The van der Waals surface area contributed by atoms with Crippen LogP contribution >= 0.6 is 11.6 Å². The number of hydrogen-bond donors (Lipinski definition) is 0. The quantitative estimate of drug-likeness (QED) is 0.794. The van der Waals surface area contributed by atoms with E-state index in [-0.39, 0.29) is 23.5 Å². The summed E-state index contributed by atoms with van der Waals surface area (Å²) < 4.78 is 3.56. The van der Waals surface area contributed by atoms with Crippen LogP contribution in [0.5, 0.6) is 0 Å². The Morgan fingerprint density at radius 1 is 1.24 bits per heavy atom. The number of benzene rings is 1. The molecule has 0 N–H and O–H groups in total. The number of fused-ring (bicyclic) bond motifs is 1. The minimum Gasteiger partial charge on any atom is -0.342 e. The van der Waals surface area contributed by atoms with Gasteiger partial charge in [-0.2, -0.15) is 0 Å². The molecular weight excluding hydrogens is 290 g/mol. The second-order valence-electron chi connectivity index (χ2n) is 5.45. The monoisotopic (exact) mass is 307 g/mol. The highest BCUT2D eigenvalue weighted by atomic mass is 35.5. The molecule has 6 heteroatoms. The summed E-state index contributed by atoms with van der Waals surface area (Å²) in [5.41, 5.74) is 1.92. The Balaban J connectivity index is 1.91. The number of hydrogen-bond acceptors (Lipinski definition) is 2. The molecule has 2 heterocycles. The van der Waals surface area contributed by atoms with Gasteiger partial charge < -0.3 is 4.90 Å². The lowest BCUT2D eigenvalue weighted by atomic mass is 10.0. The van der Waals surface area contributed by atoms with Gasteiger partial charge in [0.25, 0.3) is 0 Å². The minimum absolute atomic E-state index is 0.0123. The third kappa shape index (κ3) is 2.35. The summed E-state index contributed by atoms with van der Waals surface area (Å²) in [7, 11) is 1.80. The highest BCUT2D eigenvalue weighted by Gasteiger charge is 2.26. The number of amides is 1. The molecule has 0 spiro atoms. The van der Waals surface area contributed by atoms with Gasteiger partial charge in [-0.3, -0.25) is 13.9 Å². The topological polar surface area (TPSA) is 47.2 Å². The van der Waals surface area contributed by atoms with E-state index in [1.54, 1.807) is 16.5 Å². The number of aromatic nitrogens is 2. The molecule has 21 heavy (non-hydrogen) atoms. The average Bonchev–Trinajstić information content (AvgIpc) is 2.79. The van der Waals surface area contributed by atoms with Crippen molar-refractivity contribution in [3.05, 3.63) is 34.7 Å². The third-order valence-electron chi connectivity index (χ3n) is 4.29. The van der Waals surface area contributed by atoms with Crippen LogP contribution in [0.25, 0.3) is 11.0 Å². The number of imidazole rings is 1. The van der Waals surface area contributed by atoms with Crippen molar-refractivity contribution >= 4 is 28.5 Å². The van der Waals surface area contributed by atoms with Crippen molar-refractivity contribution in [2.24, 2.45) is 7.05 Å². The molecule has 1 saturated heterocycles. The summed E-state index contributed by atoms with van der Waals surface area (Å²) >= 11 is 5.60. The number of likely N-dealkylation sites (tertiary alicyclic amines) is 1. The molecule has 2 aromatic rings. The van der Waals surface area contributed by atoms with Gasteiger partial charge in [0, 0.05) is 26.2 Å². The van der Waals surface area contributed by atoms with Crippen LogP contribution in [0.1, 0.15) is 18.9 Å². The van der Waals surface area contributed by atoms with E-state index in [0.29, 0.717) is 13.1 Å². The molecule has 0 aliphatic carbocycles. The molecule has 112 valence electrons. The zero-order valence-corrected chi connectivity index (χ0v) is 12.7. The maximum atomic E-state index is 12.5. The van der Waals surface area contributed by atoms with E-state index in [9.17, 15) is 9.59 Å². The lowest BCUT2D eigenvalue weighted by Crippen LogP contribution is -2.41. The second kappa shape index (κ2) is 5.56. The number of para-hydroxylation sites is 2. The van der Waals surface area contributed by atoms with Crippen LogP contribution < -0.4 is 5.69 Å². The molecule has 1 aliphatic rings. The molecule has 1 aliphatic heterocycles. The van der Waals surface area contributed by atoms with Crippen molar-refractivity contribution in [2.75, 3.05) is 19.0 Å². The van der Waals surface area contributed by atoms with Crippen LogP contribution in [0, 0.1) is 0 Å². The summed E-state index contributed by atoms with van der Waals surface area (Å²) in [5.74, 6) is -0.000753. The van der Waals surface area contributed by atoms with Crippen molar-refractivity contribution < 1.29 is 4.79 Å². The number of piperidine rings is 1. The second-order valence-corrected chi connectivity index (χ2v) is 5.71. The van der Waals surface area contributed by atoms with Crippen molar-refractivity contribution in [3.8, 4) is 0 Å².